The van der Waals surface area contributed by atoms with Crippen molar-refractivity contribution >= 4 is 33.3 Å². The molecule has 3 aromatic carbocycles. The summed E-state index contributed by atoms with van der Waals surface area (Å²) in [5.74, 6) is -0.411. The second-order valence-electron chi connectivity index (χ2n) is 8.85. The van der Waals surface area contributed by atoms with Gasteiger partial charge >= 0.3 is 0 Å². The maximum absolute atomic E-state index is 15.7. The normalized spacial score (nSPS) is 17.7. The number of hydrogen-bond acceptors (Lipinski definition) is 9. The fourth-order valence-corrected chi connectivity index (χ4v) is 7.05. The molecule has 0 saturated carbocycles. The minimum atomic E-state index is -1.09. The molecule has 7 nitrogen and oxygen atoms in total. The number of anilines is 1. The van der Waals surface area contributed by atoms with Gasteiger partial charge in [-0.2, -0.15) is 5.10 Å². The second-order valence-corrected chi connectivity index (χ2v) is 11.2. The molecule has 2 unspecified atom stereocenters. The van der Waals surface area contributed by atoms with Gasteiger partial charge in [-0.25, -0.2) is 13.8 Å². The first-order valence-electron chi connectivity index (χ1n) is 12.2. The van der Waals surface area contributed by atoms with Crippen LogP contribution in [0.1, 0.15) is 34.0 Å². The van der Waals surface area contributed by atoms with E-state index in [1.807, 2.05) is 37.3 Å². The summed E-state index contributed by atoms with van der Waals surface area (Å²) in [5.41, 5.74) is 7.66. The topological polar surface area (TPSA) is 85.9 Å². The molecule has 2 atom stereocenters. The highest BCUT2D eigenvalue weighted by Gasteiger charge is 2.54. The Kier molecular flexibility index (Phi) is 7.83. The van der Waals surface area contributed by atoms with Crippen LogP contribution in [0, 0.1) is 18.6 Å². The number of methoxy groups -OCH3 is 2. The van der Waals surface area contributed by atoms with E-state index in [1.54, 1.807) is 29.3 Å². The molecule has 5 rings (SSSR count). The number of hydrazone groups is 1. The highest BCUT2D eigenvalue weighted by molar-refractivity contribution is 8.15. The van der Waals surface area contributed by atoms with Crippen molar-refractivity contribution < 1.29 is 18.3 Å². The predicted octanol–water partition coefficient (Wildman–Crippen LogP) is 6.04. The highest BCUT2D eigenvalue weighted by atomic mass is 32.2. The van der Waals surface area contributed by atoms with Crippen LogP contribution in [0.5, 0.6) is 11.5 Å². The van der Waals surface area contributed by atoms with Crippen molar-refractivity contribution in [2.45, 2.75) is 24.1 Å². The summed E-state index contributed by atoms with van der Waals surface area (Å²) >= 11 is 2.68. The molecule has 1 aromatic heterocycles. The van der Waals surface area contributed by atoms with Crippen LogP contribution in [-0.2, 0) is 4.87 Å². The largest absolute Gasteiger partial charge is 0.497 e. The van der Waals surface area contributed by atoms with Crippen molar-refractivity contribution in [1.29, 1.82) is 0 Å². The molecule has 2 heterocycles. The molecule has 0 fully saturated rings. The lowest BCUT2D eigenvalue weighted by Gasteiger charge is -2.42. The van der Waals surface area contributed by atoms with Gasteiger partial charge in [-0.3, -0.25) is 0 Å². The van der Waals surface area contributed by atoms with Gasteiger partial charge in [0.05, 0.1) is 14.2 Å². The SMILES string of the molecule is COc1ccc(F)c(C2=NN(c3nnc(C)s3)C(c3ccccc3)(C(CCN)c3cc(OC)ccc3F)S2)c1. The molecule has 0 amide bonds. The predicted molar refractivity (Wildman–Crippen MR) is 152 cm³/mol. The molecule has 0 radical (unpaired) electrons. The van der Waals surface area contributed by atoms with Crippen LogP contribution in [0.4, 0.5) is 13.9 Å². The summed E-state index contributed by atoms with van der Waals surface area (Å²) in [4.78, 5) is -1.09. The monoisotopic (exact) mass is 567 g/mol. The highest BCUT2D eigenvalue weighted by Crippen LogP contribution is 2.58. The Morgan fingerprint density at radius 3 is 2.28 bits per heavy atom. The summed E-state index contributed by atoms with van der Waals surface area (Å²) < 4.78 is 41.8. The molecule has 0 bridgehead atoms. The van der Waals surface area contributed by atoms with E-state index in [0.717, 1.165) is 10.6 Å². The minimum Gasteiger partial charge on any atom is -0.497 e. The first-order valence-corrected chi connectivity index (χ1v) is 13.9. The van der Waals surface area contributed by atoms with Gasteiger partial charge in [0, 0.05) is 11.5 Å². The summed E-state index contributed by atoms with van der Waals surface area (Å²) in [6.07, 6.45) is 0.393. The molecule has 39 heavy (non-hydrogen) atoms. The minimum absolute atomic E-state index is 0.265. The lowest BCUT2D eigenvalue weighted by Crippen LogP contribution is -2.44. The zero-order valence-electron chi connectivity index (χ0n) is 21.6. The molecule has 0 aliphatic carbocycles. The van der Waals surface area contributed by atoms with Crippen LogP contribution in [0.15, 0.2) is 71.8 Å². The Bertz CT molecular complexity index is 1500. The van der Waals surface area contributed by atoms with E-state index in [2.05, 4.69) is 10.2 Å². The smallest absolute Gasteiger partial charge is 0.230 e. The van der Waals surface area contributed by atoms with Gasteiger partial charge < -0.3 is 15.2 Å². The number of rotatable bonds is 9. The van der Waals surface area contributed by atoms with E-state index >= 15 is 8.78 Å². The van der Waals surface area contributed by atoms with Crippen molar-refractivity contribution in [2.75, 3.05) is 25.8 Å². The number of nitrogens with two attached hydrogens (primary N) is 1. The summed E-state index contributed by atoms with van der Waals surface area (Å²) in [6.45, 7) is 2.11. The van der Waals surface area contributed by atoms with Gasteiger partial charge in [0.25, 0.3) is 0 Å². The Morgan fingerprint density at radius 2 is 1.64 bits per heavy atom. The molecular formula is C28H27F2N5O2S2. The number of aromatic nitrogens is 2. The van der Waals surface area contributed by atoms with Gasteiger partial charge in [0.15, 0.2) is 0 Å². The van der Waals surface area contributed by atoms with E-state index in [-0.39, 0.29) is 12.1 Å². The van der Waals surface area contributed by atoms with Gasteiger partial charge in [-0.15, -0.1) is 10.2 Å². The van der Waals surface area contributed by atoms with Crippen LogP contribution in [0.2, 0.25) is 0 Å². The van der Waals surface area contributed by atoms with Crippen LogP contribution in [0.3, 0.4) is 0 Å². The lowest BCUT2D eigenvalue weighted by molar-refractivity contribution is 0.404. The van der Waals surface area contributed by atoms with E-state index in [4.69, 9.17) is 20.3 Å². The Labute approximate surface area is 233 Å². The first-order chi connectivity index (χ1) is 18.9. The quantitative estimate of drug-likeness (QED) is 0.264. The number of hydrogen-bond donors (Lipinski definition) is 1. The molecule has 0 spiro atoms. The van der Waals surface area contributed by atoms with Crippen molar-refractivity contribution in [3.63, 3.8) is 0 Å². The van der Waals surface area contributed by atoms with E-state index < -0.39 is 22.4 Å². The zero-order valence-corrected chi connectivity index (χ0v) is 23.2. The van der Waals surface area contributed by atoms with Gasteiger partial charge in [-0.05, 0) is 67.4 Å². The van der Waals surface area contributed by atoms with Crippen molar-refractivity contribution in [1.82, 2.24) is 10.2 Å². The molecule has 1 aliphatic rings. The van der Waals surface area contributed by atoms with E-state index in [9.17, 15) is 0 Å². The average Bonchev–Trinajstić information content (AvgIpc) is 3.57. The Balaban J connectivity index is 1.80. The maximum Gasteiger partial charge on any atom is 0.230 e. The second kappa shape index (κ2) is 11.3. The Hall–Kier alpha value is -3.54. The number of nitrogens with zero attached hydrogens (tertiary/aromatic N) is 4. The molecule has 1 aliphatic heterocycles. The molecule has 202 valence electrons. The van der Waals surface area contributed by atoms with Crippen LogP contribution < -0.4 is 20.2 Å². The third-order valence-electron chi connectivity index (χ3n) is 6.55. The lowest BCUT2D eigenvalue weighted by atomic mass is 9.83. The van der Waals surface area contributed by atoms with E-state index in [0.29, 0.717) is 33.7 Å². The first kappa shape index (κ1) is 27.0. The summed E-state index contributed by atoms with van der Waals surface area (Å²) in [7, 11) is 3.06. The molecule has 0 saturated heterocycles. The van der Waals surface area contributed by atoms with Crippen LogP contribution in [-0.4, -0.2) is 36.0 Å². The van der Waals surface area contributed by atoms with Gasteiger partial charge in [0.1, 0.15) is 38.1 Å². The third-order valence-corrected chi connectivity index (χ3v) is 8.87. The summed E-state index contributed by atoms with van der Waals surface area (Å²) in [5, 5.41) is 16.9. The standard InChI is InChI=1S/C28H27F2N5O2S2/c1-17-32-33-27(38-17)35-28(18-7-5-4-6-8-18,23(13-14-31)21-15-19(36-2)9-11-24(21)29)39-26(34-35)22-16-20(37-3)10-12-25(22)30/h4-12,15-16,23H,13-14,31H2,1-3H3. The molecule has 4 aromatic rings. The van der Waals surface area contributed by atoms with Crippen molar-refractivity contribution in [2.24, 2.45) is 10.8 Å². The zero-order chi connectivity index (χ0) is 27.6. The fraction of sp³-hybridized carbons (Fsp3) is 0.250. The van der Waals surface area contributed by atoms with Crippen molar-refractivity contribution in [3.8, 4) is 11.5 Å². The van der Waals surface area contributed by atoms with Crippen LogP contribution >= 0.6 is 23.1 Å². The number of aryl methyl sites for hydroxylation is 1. The molecular weight excluding hydrogens is 540 g/mol. The van der Waals surface area contributed by atoms with Crippen LogP contribution in [0.25, 0.3) is 0 Å². The Morgan fingerprint density at radius 1 is 0.949 bits per heavy atom. The molecule has 2 N–H and O–H groups in total. The number of benzene rings is 3. The number of halogens is 2. The third kappa shape index (κ3) is 4.97. The summed E-state index contributed by atoms with van der Waals surface area (Å²) in [6, 6.07) is 18.8. The number of thioether (sulfide) groups is 1. The van der Waals surface area contributed by atoms with Gasteiger partial charge in [0.2, 0.25) is 5.13 Å². The number of ether oxygens (including phenoxy) is 2. The fourth-order valence-electron chi connectivity index (χ4n) is 4.76. The average molecular weight is 568 g/mol. The molecule has 11 heteroatoms. The maximum atomic E-state index is 15.7. The van der Waals surface area contributed by atoms with Crippen molar-refractivity contribution in [3.05, 3.63) is 100 Å². The van der Waals surface area contributed by atoms with E-state index in [1.165, 1.54) is 49.5 Å². The van der Waals surface area contributed by atoms with Gasteiger partial charge in [-0.1, -0.05) is 53.4 Å².